The van der Waals surface area contributed by atoms with Gasteiger partial charge in [-0.1, -0.05) is 44.2 Å². The van der Waals surface area contributed by atoms with E-state index in [-0.39, 0.29) is 11.4 Å². The molecule has 1 aliphatic heterocycles. The van der Waals surface area contributed by atoms with Crippen LogP contribution in [0.5, 0.6) is 5.75 Å². The van der Waals surface area contributed by atoms with Crippen LogP contribution in [0.25, 0.3) is 0 Å². The van der Waals surface area contributed by atoms with E-state index in [2.05, 4.69) is 26.0 Å². The van der Waals surface area contributed by atoms with Crippen molar-refractivity contribution < 1.29 is 18.6 Å². The van der Waals surface area contributed by atoms with Crippen molar-refractivity contribution >= 4 is 15.9 Å². The Balaban J connectivity index is 1.87. The molecule has 132 valence electrons. The number of benzene rings is 2. The van der Waals surface area contributed by atoms with Gasteiger partial charge < -0.3 is 10.2 Å². The van der Waals surface area contributed by atoms with E-state index >= 15 is 0 Å². The lowest BCUT2D eigenvalue weighted by molar-refractivity contribution is 0.392. The number of phenols is 1. The fraction of sp³-hybridized carbons (Fsp3) is 0.222. The summed E-state index contributed by atoms with van der Waals surface area (Å²) in [4.78, 5) is 0. The molecule has 0 atom stereocenters. The van der Waals surface area contributed by atoms with Gasteiger partial charge in [-0.15, -0.1) is 0 Å². The van der Waals surface area contributed by atoms with Crippen LogP contribution in [-0.2, 0) is 16.6 Å². The van der Waals surface area contributed by atoms with Crippen LogP contribution in [0.15, 0.2) is 54.5 Å². The number of nitrogens with zero attached hydrogens (tertiary/aromatic N) is 1. The van der Waals surface area contributed by atoms with Crippen molar-refractivity contribution in [3.05, 3.63) is 71.2 Å². The Labute approximate surface area is 147 Å². The van der Waals surface area contributed by atoms with Crippen LogP contribution >= 0.6 is 0 Å². The number of hydrogen-bond donors (Lipinski definition) is 3. The Kier molecular flexibility index (Phi) is 4.34. The quantitative estimate of drug-likeness (QED) is 0.781. The normalized spacial score (nSPS) is 16.0. The lowest BCUT2D eigenvalue weighted by atomic mass is 9.97. The molecule has 0 amide bonds. The fourth-order valence-corrected chi connectivity index (χ4v) is 3.82. The van der Waals surface area contributed by atoms with Crippen molar-refractivity contribution in [1.29, 1.82) is 0 Å². The van der Waals surface area contributed by atoms with Crippen LogP contribution in [0.3, 0.4) is 0 Å². The maximum atomic E-state index is 11.9. The maximum Gasteiger partial charge on any atom is 0.330 e. The first-order chi connectivity index (χ1) is 11.8. The number of phenolic OH excluding ortho intramolecular Hbond substituents is 1. The third-order valence-electron chi connectivity index (χ3n) is 4.04. The summed E-state index contributed by atoms with van der Waals surface area (Å²) in [6.07, 6.45) is 1.64. The summed E-state index contributed by atoms with van der Waals surface area (Å²) < 4.78 is 26.5. The summed E-state index contributed by atoms with van der Waals surface area (Å²) in [5, 5.41) is 19.6. The van der Waals surface area contributed by atoms with Gasteiger partial charge >= 0.3 is 10.2 Å². The first kappa shape index (κ1) is 17.2. The Morgan fingerprint density at radius 3 is 2.40 bits per heavy atom. The third-order valence-corrected chi connectivity index (χ3v) is 5.32. The van der Waals surface area contributed by atoms with Crippen LogP contribution in [0.1, 0.15) is 36.5 Å². The fourth-order valence-electron chi connectivity index (χ4n) is 2.75. The minimum absolute atomic E-state index is 0.0798. The first-order valence-corrected chi connectivity index (χ1v) is 9.34. The molecule has 0 spiro atoms. The van der Waals surface area contributed by atoms with Gasteiger partial charge in [0, 0.05) is 0 Å². The molecule has 1 aliphatic rings. The summed E-state index contributed by atoms with van der Waals surface area (Å²) in [5.41, 5.74) is 3.30. The molecule has 0 saturated heterocycles. The molecule has 0 bridgehead atoms. The van der Waals surface area contributed by atoms with Crippen LogP contribution in [0.4, 0.5) is 5.69 Å². The molecule has 2 aromatic rings. The van der Waals surface area contributed by atoms with Gasteiger partial charge in [0.25, 0.3) is 0 Å². The SMILES string of the molecule is CC(C)c1cccc(Cc2ccc(N3C=C(O)NS3(=O)=O)c(O)c2)c1. The predicted molar refractivity (Wildman–Crippen MR) is 96.7 cm³/mol. The number of aliphatic hydroxyl groups is 1. The van der Waals surface area contributed by atoms with E-state index in [9.17, 15) is 18.6 Å². The lowest BCUT2D eigenvalue weighted by Crippen LogP contribution is -2.29. The molecule has 0 aromatic heterocycles. The molecule has 3 N–H and O–H groups in total. The number of rotatable bonds is 4. The Morgan fingerprint density at radius 2 is 1.80 bits per heavy atom. The van der Waals surface area contributed by atoms with Crippen LogP contribution in [0.2, 0.25) is 0 Å². The molecule has 2 aromatic carbocycles. The van der Waals surface area contributed by atoms with E-state index in [1.54, 1.807) is 6.07 Å². The zero-order chi connectivity index (χ0) is 18.2. The summed E-state index contributed by atoms with van der Waals surface area (Å²) in [6.45, 7) is 4.26. The maximum absolute atomic E-state index is 11.9. The average molecular weight is 360 g/mol. The highest BCUT2D eigenvalue weighted by atomic mass is 32.2. The van der Waals surface area contributed by atoms with E-state index in [4.69, 9.17) is 0 Å². The van der Waals surface area contributed by atoms with Gasteiger partial charge in [0.05, 0.1) is 6.20 Å². The average Bonchev–Trinajstić information content (AvgIpc) is 2.80. The number of aliphatic hydroxyl groups excluding tert-OH is 1. The van der Waals surface area contributed by atoms with E-state index in [1.165, 1.54) is 17.7 Å². The summed E-state index contributed by atoms with van der Waals surface area (Å²) in [7, 11) is -3.92. The van der Waals surface area contributed by atoms with E-state index < -0.39 is 16.1 Å². The van der Waals surface area contributed by atoms with Gasteiger partial charge in [-0.05, 0) is 41.2 Å². The summed E-state index contributed by atoms with van der Waals surface area (Å²) in [5.74, 6) is -0.231. The largest absolute Gasteiger partial charge is 0.506 e. The second-order valence-corrected chi connectivity index (χ2v) is 7.86. The molecule has 0 unspecified atom stereocenters. The molecule has 0 radical (unpaired) electrons. The second kappa shape index (κ2) is 6.33. The highest BCUT2D eigenvalue weighted by Crippen LogP contribution is 2.33. The van der Waals surface area contributed by atoms with E-state index in [0.29, 0.717) is 12.3 Å². The highest BCUT2D eigenvalue weighted by molar-refractivity contribution is 7.91. The number of hydrogen-bond acceptors (Lipinski definition) is 4. The van der Waals surface area contributed by atoms with Crippen molar-refractivity contribution in [2.75, 3.05) is 4.31 Å². The molecular weight excluding hydrogens is 340 g/mol. The lowest BCUT2D eigenvalue weighted by Gasteiger charge is -2.16. The van der Waals surface area contributed by atoms with Crippen molar-refractivity contribution in [1.82, 2.24) is 4.72 Å². The molecule has 0 saturated carbocycles. The van der Waals surface area contributed by atoms with Gasteiger partial charge in [-0.3, -0.25) is 0 Å². The number of anilines is 1. The predicted octanol–water partition coefficient (Wildman–Crippen LogP) is 3.12. The molecule has 25 heavy (non-hydrogen) atoms. The summed E-state index contributed by atoms with van der Waals surface area (Å²) in [6, 6.07) is 13.1. The van der Waals surface area contributed by atoms with Crippen LogP contribution in [-0.4, -0.2) is 18.6 Å². The minimum atomic E-state index is -3.92. The Bertz CT molecular complexity index is 936. The zero-order valence-electron chi connectivity index (χ0n) is 14.0. The van der Waals surface area contributed by atoms with Crippen molar-refractivity contribution in [3.8, 4) is 5.75 Å². The van der Waals surface area contributed by atoms with Gasteiger partial charge in [-0.2, -0.15) is 8.42 Å². The zero-order valence-corrected chi connectivity index (χ0v) is 14.8. The van der Waals surface area contributed by atoms with Crippen molar-refractivity contribution in [3.63, 3.8) is 0 Å². The standard InChI is InChI=1S/C18H20N2O4S/c1-12(2)15-5-3-4-13(9-15)8-14-6-7-16(17(21)10-14)20-11-18(22)19-25(20,23)24/h3-7,9-12,19,21-22H,8H2,1-2H3. The van der Waals surface area contributed by atoms with Gasteiger partial charge in [0.1, 0.15) is 11.4 Å². The van der Waals surface area contributed by atoms with Crippen LogP contribution in [0, 0.1) is 0 Å². The minimum Gasteiger partial charge on any atom is -0.506 e. The topological polar surface area (TPSA) is 89.9 Å². The molecule has 7 heteroatoms. The molecule has 3 rings (SSSR count). The van der Waals surface area contributed by atoms with Crippen LogP contribution < -0.4 is 9.03 Å². The molecule has 0 fully saturated rings. The van der Waals surface area contributed by atoms with E-state index in [1.807, 2.05) is 16.9 Å². The van der Waals surface area contributed by atoms with Crippen molar-refractivity contribution in [2.45, 2.75) is 26.2 Å². The Morgan fingerprint density at radius 1 is 1.08 bits per heavy atom. The van der Waals surface area contributed by atoms with Gasteiger partial charge in [-0.25, -0.2) is 9.03 Å². The highest BCUT2D eigenvalue weighted by Gasteiger charge is 2.30. The molecule has 1 heterocycles. The number of aromatic hydroxyl groups is 1. The first-order valence-electron chi connectivity index (χ1n) is 7.90. The van der Waals surface area contributed by atoms with Gasteiger partial charge in [0.2, 0.25) is 5.88 Å². The molecule has 0 aliphatic carbocycles. The summed E-state index contributed by atoms with van der Waals surface area (Å²) >= 11 is 0. The third kappa shape index (κ3) is 3.56. The monoisotopic (exact) mass is 360 g/mol. The second-order valence-electron chi connectivity index (χ2n) is 6.32. The van der Waals surface area contributed by atoms with Crippen molar-refractivity contribution in [2.24, 2.45) is 0 Å². The van der Waals surface area contributed by atoms with Gasteiger partial charge in [0.15, 0.2) is 0 Å². The van der Waals surface area contributed by atoms with E-state index in [0.717, 1.165) is 21.6 Å². The molecular formula is C18H20N2O4S. The smallest absolute Gasteiger partial charge is 0.330 e. The number of nitrogens with one attached hydrogen (secondary N) is 1. The Hall–Kier alpha value is -2.67. The molecule has 6 nitrogen and oxygen atoms in total.